The number of hydrogen-bond acceptors (Lipinski definition) is 6. The van der Waals surface area contributed by atoms with Crippen molar-refractivity contribution in [2.24, 2.45) is 5.10 Å². The van der Waals surface area contributed by atoms with Crippen LogP contribution in [0, 0.1) is 0 Å². The van der Waals surface area contributed by atoms with Gasteiger partial charge in [-0.05, 0) is 29.8 Å². The molecule has 8 heteroatoms. The van der Waals surface area contributed by atoms with Gasteiger partial charge in [0.05, 0.1) is 19.1 Å². The lowest BCUT2D eigenvalue weighted by atomic mass is 10.2. The molecule has 0 unspecified atom stereocenters. The van der Waals surface area contributed by atoms with Gasteiger partial charge in [0.15, 0.2) is 15.8 Å². The molecule has 1 fully saturated rings. The monoisotopic (exact) mass is 406 g/mol. The molecule has 1 saturated heterocycles. The summed E-state index contributed by atoms with van der Waals surface area (Å²) < 4.78 is 11.8. The van der Waals surface area contributed by atoms with Crippen molar-refractivity contribution in [2.75, 3.05) is 12.9 Å². The van der Waals surface area contributed by atoms with Gasteiger partial charge in [0.2, 0.25) is 0 Å². The minimum atomic E-state index is -0.136. The number of carbonyl (C=O) groups excluding carboxylic acids is 1. The van der Waals surface area contributed by atoms with E-state index >= 15 is 0 Å². The van der Waals surface area contributed by atoms with Crippen LogP contribution in [0.3, 0.4) is 0 Å². The maximum Gasteiger partial charge on any atom is 0.259 e. The number of para-hydroxylation sites is 1. The number of benzene rings is 2. The highest BCUT2D eigenvalue weighted by molar-refractivity contribution is 8.23. The van der Waals surface area contributed by atoms with Crippen LogP contribution in [-0.2, 0) is 11.4 Å². The fourth-order valence-corrected chi connectivity index (χ4v) is 3.36. The number of rotatable bonds is 6. The summed E-state index contributed by atoms with van der Waals surface area (Å²) in [6.07, 6.45) is 1.55. The molecule has 0 N–H and O–H groups in total. The number of amides is 1. The van der Waals surface area contributed by atoms with E-state index in [-0.39, 0.29) is 5.91 Å². The Morgan fingerprint density at radius 1 is 1.31 bits per heavy atom. The molecular weight excluding hydrogens is 392 g/mol. The van der Waals surface area contributed by atoms with Gasteiger partial charge in [-0.3, -0.25) is 4.79 Å². The van der Waals surface area contributed by atoms with Gasteiger partial charge < -0.3 is 9.47 Å². The third kappa shape index (κ3) is 4.35. The van der Waals surface area contributed by atoms with E-state index in [1.165, 1.54) is 16.8 Å². The first-order chi connectivity index (χ1) is 12.6. The van der Waals surface area contributed by atoms with E-state index in [1.54, 1.807) is 19.4 Å². The number of carbonyl (C=O) groups is 1. The summed E-state index contributed by atoms with van der Waals surface area (Å²) in [7, 11) is 1.57. The van der Waals surface area contributed by atoms with Gasteiger partial charge in [-0.2, -0.15) is 10.1 Å². The summed E-state index contributed by atoms with van der Waals surface area (Å²) in [6, 6.07) is 12.9. The first-order valence-electron chi connectivity index (χ1n) is 7.66. The maximum atomic E-state index is 11.8. The molecule has 134 valence electrons. The Morgan fingerprint density at radius 2 is 2.08 bits per heavy atom. The number of nitrogens with zero attached hydrogens (tertiary/aromatic N) is 2. The molecule has 0 atom stereocenters. The van der Waals surface area contributed by atoms with Crippen LogP contribution < -0.4 is 9.47 Å². The Bertz CT molecular complexity index is 840. The number of thioether (sulfide) groups is 1. The van der Waals surface area contributed by atoms with Gasteiger partial charge in [-0.1, -0.05) is 53.8 Å². The first kappa shape index (κ1) is 18.7. The quantitative estimate of drug-likeness (QED) is 0.533. The van der Waals surface area contributed by atoms with E-state index in [0.29, 0.717) is 38.8 Å². The number of ether oxygens (including phenoxy) is 2. The molecular formula is C18H15ClN2O3S2. The molecule has 0 aromatic heterocycles. The molecule has 0 saturated carbocycles. The van der Waals surface area contributed by atoms with Crippen molar-refractivity contribution < 1.29 is 14.3 Å². The highest BCUT2D eigenvalue weighted by atomic mass is 35.5. The van der Waals surface area contributed by atoms with Crippen LogP contribution in [0.2, 0.25) is 5.02 Å². The fourth-order valence-electron chi connectivity index (χ4n) is 2.26. The molecule has 2 aromatic carbocycles. The van der Waals surface area contributed by atoms with E-state index in [9.17, 15) is 4.79 Å². The molecule has 0 aliphatic carbocycles. The van der Waals surface area contributed by atoms with Gasteiger partial charge >= 0.3 is 0 Å². The Labute approximate surface area is 165 Å². The van der Waals surface area contributed by atoms with E-state index < -0.39 is 0 Å². The zero-order valence-corrected chi connectivity index (χ0v) is 16.2. The summed E-state index contributed by atoms with van der Waals surface area (Å²) in [4.78, 5) is 11.8. The van der Waals surface area contributed by atoms with Crippen LogP contribution >= 0.6 is 35.6 Å². The second-order valence-corrected chi connectivity index (χ2v) is 7.34. The smallest absolute Gasteiger partial charge is 0.259 e. The van der Waals surface area contributed by atoms with Crippen molar-refractivity contribution in [1.29, 1.82) is 0 Å². The maximum absolute atomic E-state index is 11.8. The highest BCUT2D eigenvalue weighted by Gasteiger charge is 2.26. The molecule has 3 rings (SSSR count). The SMILES string of the molecule is COc1cccc(/C=N/N2C(=O)CSC2=S)c1OCc1ccc(Cl)cc1. The number of hydrazone groups is 1. The zero-order chi connectivity index (χ0) is 18.5. The fraction of sp³-hybridized carbons (Fsp3) is 0.167. The molecule has 2 aromatic rings. The summed E-state index contributed by atoms with van der Waals surface area (Å²) in [5.41, 5.74) is 1.65. The number of thiocarbonyl (C=S) groups is 1. The van der Waals surface area contributed by atoms with Crippen LogP contribution in [-0.4, -0.2) is 34.3 Å². The standard InChI is InChI=1S/C18H15ClN2O3S2/c1-23-15-4-2-3-13(9-20-21-16(22)11-26-18(21)25)17(15)24-10-12-5-7-14(19)8-6-12/h2-9H,10-11H2,1H3/b20-9+. The average Bonchev–Trinajstić information content (AvgIpc) is 2.97. The summed E-state index contributed by atoms with van der Waals surface area (Å²) in [5, 5.41) is 6.10. The molecule has 5 nitrogen and oxygen atoms in total. The largest absolute Gasteiger partial charge is 0.493 e. The van der Waals surface area contributed by atoms with Gasteiger partial charge in [0.1, 0.15) is 6.61 Å². The van der Waals surface area contributed by atoms with Crippen LogP contribution in [0.5, 0.6) is 11.5 Å². The first-order valence-corrected chi connectivity index (χ1v) is 9.43. The summed E-state index contributed by atoms with van der Waals surface area (Å²) >= 11 is 12.3. The Balaban J connectivity index is 1.82. The van der Waals surface area contributed by atoms with Crippen LogP contribution in [0.25, 0.3) is 0 Å². The Morgan fingerprint density at radius 3 is 2.73 bits per heavy atom. The molecule has 0 spiro atoms. The number of halogens is 1. The molecule has 0 bridgehead atoms. The third-order valence-corrected chi connectivity index (χ3v) is 5.16. The van der Waals surface area contributed by atoms with Crippen molar-refractivity contribution in [3.63, 3.8) is 0 Å². The minimum absolute atomic E-state index is 0.136. The average molecular weight is 407 g/mol. The van der Waals surface area contributed by atoms with E-state index in [1.807, 2.05) is 36.4 Å². The molecule has 1 amide bonds. The summed E-state index contributed by atoms with van der Waals surface area (Å²) in [6.45, 7) is 0.343. The Hall–Kier alpha value is -2.09. The van der Waals surface area contributed by atoms with Gasteiger partial charge in [-0.15, -0.1) is 0 Å². The predicted octanol–water partition coefficient (Wildman–Crippen LogP) is 4.12. The third-order valence-electron chi connectivity index (χ3n) is 3.57. The molecule has 1 aliphatic heterocycles. The van der Waals surface area contributed by atoms with Crippen LogP contribution in [0.4, 0.5) is 0 Å². The Kier molecular flexibility index (Phi) is 6.13. The minimum Gasteiger partial charge on any atom is -0.493 e. The number of methoxy groups -OCH3 is 1. The summed E-state index contributed by atoms with van der Waals surface area (Å²) in [5.74, 6) is 1.29. The van der Waals surface area contributed by atoms with E-state index in [2.05, 4.69) is 5.10 Å². The molecule has 1 aliphatic rings. The molecule has 1 heterocycles. The van der Waals surface area contributed by atoms with Crippen LogP contribution in [0.15, 0.2) is 47.6 Å². The van der Waals surface area contributed by atoms with E-state index in [4.69, 9.17) is 33.3 Å². The lowest BCUT2D eigenvalue weighted by Gasteiger charge is -2.14. The van der Waals surface area contributed by atoms with Crippen molar-refractivity contribution in [1.82, 2.24) is 5.01 Å². The molecule has 0 radical (unpaired) electrons. The second kappa shape index (κ2) is 8.53. The lowest BCUT2D eigenvalue weighted by molar-refractivity contribution is -0.123. The second-order valence-electron chi connectivity index (χ2n) is 5.30. The number of hydrogen-bond donors (Lipinski definition) is 0. The van der Waals surface area contributed by atoms with Crippen molar-refractivity contribution >= 4 is 52.0 Å². The van der Waals surface area contributed by atoms with Crippen molar-refractivity contribution in [3.05, 3.63) is 58.6 Å². The topological polar surface area (TPSA) is 51.1 Å². The van der Waals surface area contributed by atoms with Gasteiger partial charge in [0.25, 0.3) is 5.91 Å². The predicted molar refractivity (Wildman–Crippen MR) is 108 cm³/mol. The molecule has 26 heavy (non-hydrogen) atoms. The van der Waals surface area contributed by atoms with Gasteiger partial charge in [0, 0.05) is 10.6 Å². The van der Waals surface area contributed by atoms with E-state index in [0.717, 1.165) is 5.56 Å². The van der Waals surface area contributed by atoms with Crippen molar-refractivity contribution in [3.8, 4) is 11.5 Å². The van der Waals surface area contributed by atoms with Gasteiger partial charge in [-0.25, -0.2) is 0 Å². The zero-order valence-electron chi connectivity index (χ0n) is 13.8. The normalized spacial score (nSPS) is 14.3. The lowest BCUT2D eigenvalue weighted by Crippen LogP contribution is -2.22. The highest BCUT2D eigenvalue weighted by Crippen LogP contribution is 2.31. The van der Waals surface area contributed by atoms with Crippen molar-refractivity contribution in [2.45, 2.75) is 6.61 Å². The van der Waals surface area contributed by atoms with Crippen LogP contribution in [0.1, 0.15) is 11.1 Å².